The molecule has 1 aromatic carbocycles. The van der Waals surface area contributed by atoms with Gasteiger partial charge in [-0.25, -0.2) is 18.2 Å². The second-order valence-electron chi connectivity index (χ2n) is 10.1. The predicted octanol–water partition coefficient (Wildman–Crippen LogP) is 3.91. The van der Waals surface area contributed by atoms with Crippen molar-refractivity contribution in [2.45, 2.75) is 72.1 Å². The van der Waals surface area contributed by atoms with Gasteiger partial charge < -0.3 is 4.74 Å². The second-order valence-corrected chi connectivity index (χ2v) is 12.3. The molecule has 35 heavy (non-hydrogen) atoms. The monoisotopic (exact) mass is 514 g/mol. The van der Waals surface area contributed by atoms with Crippen LogP contribution < -0.4 is 10.9 Å². The van der Waals surface area contributed by atoms with E-state index in [1.54, 1.807) is 39.1 Å². The van der Waals surface area contributed by atoms with E-state index in [0.29, 0.717) is 37.9 Å². The van der Waals surface area contributed by atoms with Crippen LogP contribution in [-0.2, 0) is 36.0 Å². The lowest BCUT2D eigenvalue weighted by Gasteiger charge is -2.32. The van der Waals surface area contributed by atoms with Crippen molar-refractivity contribution in [2.75, 3.05) is 31.8 Å². The van der Waals surface area contributed by atoms with E-state index in [-0.39, 0.29) is 29.8 Å². The van der Waals surface area contributed by atoms with Gasteiger partial charge in [-0.3, -0.25) is 15.0 Å². The molecule has 0 heterocycles. The lowest BCUT2D eigenvalue weighted by atomic mass is 9.74. The number of esters is 1. The highest BCUT2D eigenvalue weighted by atomic mass is 32.2. The summed E-state index contributed by atoms with van der Waals surface area (Å²) < 4.78 is 44.5. The fraction of sp³-hybridized carbons (Fsp3) is 0.692. The van der Waals surface area contributed by atoms with Gasteiger partial charge in [0.15, 0.2) is 9.84 Å². The summed E-state index contributed by atoms with van der Waals surface area (Å²) in [6, 6.07) is 7.12. The molecule has 9 heteroatoms. The Morgan fingerprint density at radius 1 is 1.17 bits per heavy atom. The minimum atomic E-state index is -3.17. The number of benzene rings is 1. The fourth-order valence-corrected chi connectivity index (χ4v) is 6.56. The van der Waals surface area contributed by atoms with Crippen LogP contribution >= 0.6 is 0 Å². The molecule has 0 aliphatic carbocycles. The van der Waals surface area contributed by atoms with Crippen LogP contribution in [0, 0.1) is 11.3 Å². The zero-order chi connectivity index (χ0) is 26.7. The Morgan fingerprint density at radius 3 is 2.43 bits per heavy atom. The van der Waals surface area contributed by atoms with Gasteiger partial charge in [0.2, 0.25) is 5.91 Å². The molecule has 0 saturated heterocycles. The standard InChI is InChI=1S/C26H43FN2O5S/c1-7-15-35(32,33)19-25(4,5)13-10-14-26(18-27,24(31)29-28-6)22-12-9-11-21(17-22)16-20(3)23(30)34-8-2/h9,11-12,17,20,28H,7-8,10,13-16,18-19H2,1-6H3,(H,29,31). The van der Waals surface area contributed by atoms with Crippen molar-refractivity contribution in [1.82, 2.24) is 10.9 Å². The maximum absolute atomic E-state index is 14.7. The number of ether oxygens (including phenoxy) is 1. The van der Waals surface area contributed by atoms with E-state index in [1.807, 2.05) is 26.8 Å². The maximum atomic E-state index is 14.7. The molecule has 200 valence electrons. The second kappa shape index (κ2) is 13.9. The molecule has 1 rings (SSSR count). The third-order valence-corrected chi connectivity index (χ3v) is 8.45. The van der Waals surface area contributed by atoms with Crippen LogP contribution in [0.1, 0.15) is 71.4 Å². The van der Waals surface area contributed by atoms with Crippen LogP contribution in [0.5, 0.6) is 0 Å². The van der Waals surface area contributed by atoms with E-state index in [4.69, 9.17) is 4.74 Å². The molecule has 1 aromatic rings. The highest BCUT2D eigenvalue weighted by molar-refractivity contribution is 7.91. The van der Waals surface area contributed by atoms with Crippen molar-refractivity contribution in [3.63, 3.8) is 0 Å². The molecule has 0 radical (unpaired) electrons. The van der Waals surface area contributed by atoms with Crippen LogP contribution in [0.3, 0.4) is 0 Å². The number of amides is 1. The largest absolute Gasteiger partial charge is 0.466 e. The van der Waals surface area contributed by atoms with E-state index in [0.717, 1.165) is 5.56 Å². The Bertz CT molecular complexity index is 935. The maximum Gasteiger partial charge on any atom is 0.308 e. The van der Waals surface area contributed by atoms with Crippen molar-refractivity contribution in [1.29, 1.82) is 0 Å². The number of hydrazine groups is 1. The summed E-state index contributed by atoms with van der Waals surface area (Å²) in [6.45, 7) is 8.53. The third kappa shape index (κ3) is 9.52. The number of carbonyl (C=O) groups is 2. The highest BCUT2D eigenvalue weighted by Crippen LogP contribution is 2.35. The molecule has 0 aliphatic heterocycles. The molecule has 0 bridgehead atoms. The lowest BCUT2D eigenvalue weighted by molar-refractivity contribution is -0.147. The van der Waals surface area contributed by atoms with Crippen LogP contribution in [-0.4, -0.2) is 52.1 Å². The summed E-state index contributed by atoms with van der Waals surface area (Å²) in [5.41, 5.74) is 4.53. The van der Waals surface area contributed by atoms with Gasteiger partial charge in [0, 0.05) is 12.8 Å². The van der Waals surface area contributed by atoms with Crippen LogP contribution in [0.2, 0.25) is 0 Å². The number of nitrogens with one attached hydrogen (secondary N) is 2. The number of halogens is 1. The van der Waals surface area contributed by atoms with Gasteiger partial charge in [0.05, 0.1) is 18.3 Å². The Hall–Kier alpha value is -2.00. The Kier molecular flexibility index (Phi) is 12.3. The molecule has 2 unspecified atom stereocenters. The number of hydrogen-bond donors (Lipinski definition) is 2. The molecule has 0 spiro atoms. The summed E-state index contributed by atoms with van der Waals surface area (Å²) in [4.78, 5) is 25.2. The van der Waals surface area contributed by atoms with Crippen molar-refractivity contribution >= 4 is 21.7 Å². The Labute approximate surface area is 210 Å². The van der Waals surface area contributed by atoms with Crippen molar-refractivity contribution in [2.24, 2.45) is 11.3 Å². The molecular weight excluding hydrogens is 471 g/mol. The summed E-state index contributed by atoms with van der Waals surface area (Å²) in [6.07, 6.45) is 2.19. The van der Waals surface area contributed by atoms with Crippen LogP contribution in [0.25, 0.3) is 0 Å². The zero-order valence-electron chi connectivity index (χ0n) is 22.1. The molecule has 2 atom stereocenters. The normalized spacial score (nSPS) is 14.7. The van der Waals surface area contributed by atoms with Gasteiger partial charge in [0.25, 0.3) is 0 Å². The number of alkyl halides is 1. The fourth-order valence-electron chi connectivity index (χ4n) is 4.46. The quantitative estimate of drug-likeness (QED) is 0.256. The number of hydrogen-bond acceptors (Lipinski definition) is 6. The number of rotatable bonds is 16. The van der Waals surface area contributed by atoms with Crippen LogP contribution in [0.15, 0.2) is 24.3 Å². The van der Waals surface area contributed by atoms with E-state index in [2.05, 4.69) is 10.9 Å². The first-order chi connectivity index (χ1) is 16.4. The average Bonchev–Trinajstić information content (AvgIpc) is 2.76. The van der Waals surface area contributed by atoms with Crippen LogP contribution in [0.4, 0.5) is 4.39 Å². The van der Waals surface area contributed by atoms with Gasteiger partial charge in [-0.1, -0.05) is 58.4 Å². The lowest BCUT2D eigenvalue weighted by Crippen LogP contribution is -2.50. The highest BCUT2D eigenvalue weighted by Gasteiger charge is 2.41. The molecule has 0 aliphatic rings. The van der Waals surface area contributed by atoms with Gasteiger partial charge in [-0.15, -0.1) is 0 Å². The van der Waals surface area contributed by atoms with E-state index in [1.165, 1.54) is 0 Å². The minimum absolute atomic E-state index is 0.0560. The third-order valence-electron chi connectivity index (χ3n) is 6.19. The molecule has 0 fully saturated rings. The smallest absolute Gasteiger partial charge is 0.308 e. The first kappa shape index (κ1) is 31.0. The first-order valence-electron chi connectivity index (χ1n) is 12.4. The van der Waals surface area contributed by atoms with Gasteiger partial charge in [0.1, 0.15) is 12.1 Å². The Balaban J connectivity index is 3.16. The van der Waals surface area contributed by atoms with E-state index >= 15 is 0 Å². The average molecular weight is 515 g/mol. The van der Waals surface area contributed by atoms with E-state index in [9.17, 15) is 22.4 Å². The zero-order valence-corrected chi connectivity index (χ0v) is 22.9. The van der Waals surface area contributed by atoms with Crippen molar-refractivity contribution < 1.29 is 27.1 Å². The summed E-state index contributed by atoms with van der Waals surface area (Å²) in [5.74, 6) is -0.966. The molecular formula is C26H43FN2O5S. The first-order valence-corrected chi connectivity index (χ1v) is 14.2. The summed E-state index contributed by atoms with van der Waals surface area (Å²) in [5, 5.41) is 0. The van der Waals surface area contributed by atoms with Gasteiger partial charge >= 0.3 is 5.97 Å². The van der Waals surface area contributed by atoms with Gasteiger partial charge in [-0.05, 0) is 49.1 Å². The SMILES string of the molecule is CCCS(=O)(=O)CC(C)(C)CCCC(CF)(C(=O)NNC)c1cccc(CC(C)C(=O)OCC)c1. The number of sulfone groups is 1. The minimum Gasteiger partial charge on any atom is -0.466 e. The molecule has 0 saturated carbocycles. The summed E-state index contributed by atoms with van der Waals surface area (Å²) >= 11 is 0. The van der Waals surface area contributed by atoms with Crippen molar-refractivity contribution in [3.05, 3.63) is 35.4 Å². The summed E-state index contributed by atoms with van der Waals surface area (Å²) in [7, 11) is -1.63. The molecule has 0 aromatic heterocycles. The molecule has 7 nitrogen and oxygen atoms in total. The van der Waals surface area contributed by atoms with Crippen molar-refractivity contribution in [3.8, 4) is 0 Å². The predicted molar refractivity (Wildman–Crippen MR) is 137 cm³/mol. The topological polar surface area (TPSA) is 102 Å². The Morgan fingerprint density at radius 2 is 1.86 bits per heavy atom. The van der Waals surface area contributed by atoms with E-state index < -0.39 is 33.2 Å². The number of carbonyl (C=O) groups excluding carboxylic acids is 2. The molecule has 1 amide bonds. The molecule has 2 N–H and O–H groups in total. The van der Waals surface area contributed by atoms with Gasteiger partial charge in [-0.2, -0.15) is 0 Å².